The van der Waals surface area contributed by atoms with Gasteiger partial charge in [0.15, 0.2) is 11.3 Å². The Hall–Kier alpha value is -2.60. The third-order valence-electron chi connectivity index (χ3n) is 2.61. The van der Waals surface area contributed by atoms with Gasteiger partial charge in [-0.15, -0.1) is 0 Å². The minimum atomic E-state index is 0.622. The number of fused-ring (bicyclic) bond motifs is 1. The van der Waals surface area contributed by atoms with Crippen molar-refractivity contribution in [3.63, 3.8) is 0 Å². The highest BCUT2D eigenvalue weighted by atomic mass is 16.3. The molecule has 0 aliphatic carbocycles. The minimum Gasteiger partial charge on any atom is -0.463 e. The molecule has 3 rings (SSSR count). The van der Waals surface area contributed by atoms with Gasteiger partial charge in [-0.2, -0.15) is 0 Å². The van der Waals surface area contributed by atoms with Gasteiger partial charge in [0, 0.05) is 5.39 Å². The number of furan rings is 1. The van der Waals surface area contributed by atoms with Crippen LogP contribution >= 0.6 is 0 Å². The zero-order valence-corrected chi connectivity index (χ0v) is 8.92. The van der Waals surface area contributed by atoms with E-state index >= 15 is 0 Å². The van der Waals surface area contributed by atoms with Crippen LogP contribution in [0.15, 0.2) is 53.3 Å². The van der Waals surface area contributed by atoms with Crippen LogP contribution in [0.5, 0.6) is 0 Å². The monoisotopic (exact) mass is 220 g/mol. The zero-order valence-electron chi connectivity index (χ0n) is 8.92. The van der Waals surface area contributed by atoms with Gasteiger partial charge >= 0.3 is 0 Å². The predicted molar refractivity (Wildman–Crippen MR) is 65.7 cm³/mol. The second-order valence-corrected chi connectivity index (χ2v) is 3.69. The van der Waals surface area contributed by atoms with Gasteiger partial charge in [0.1, 0.15) is 0 Å². The number of hydrogen-bond donors (Lipinski definition) is 0. The number of nitrogens with zero attached hydrogens (tertiary/aromatic N) is 2. The molecule has 2 aromatic heterocycles. The highest BCUT2D eigenvalue weighted by molar-refractivity contribution is 5.81. The first-order valence-electron chi connectivity index (χ1n) is 5.18. The summed E-state index contributed by atoms with van der Waals surface area (Å²) in [6.07, 6.45) is 3.35. The summed E-state index contributed by atoms with van der Waals surface area (Å²) in [7, 11) is 0. The molecule has 0 saturated carbocycles. The van der Waals surface area contributed by atoms with Gasteiger partial charge < -0.3 is 4.42 Å². The molecule has 0 spiro atoms. The molecule has 3 heteroatoms. The lowest BCUT2D eigenvalue weighted by atomic mass is 10.1. The molecule has 0 saturated heterocycles. The third kappa shape index (κ3) is 1.66. The molecule has 80 valence electrons. The van der Waals surface area contributed by atoms with Gasteiger partial charge in [0.05, 0.1) is 24.7 Å². The molecule has 0 atom stereocenters. The minimum absolute atomic E-state index is 0.622. The highest BCUT2D eigenvalue weighted by Gasteiger charge is 2.03. The van der Waals surface area contributed by atoms with Gasteiger partial charge in [0.25, 0.3) is 0 Å². The second kappa shape index (κ2) is 3.76. The Morgan fingerprint density at radius 3 is 3.00 bits per heavy atom. The average molecular weight is 220 g/mol. The molecule has 3 nitrogen and oxygen atoms in total. The van der Waals surface area contributed by atoms with Gasteiger partial charge in [-0.3, -0.25) is 4.98 Å². The van der Waals surface area contributed by atoms with Crippen LogP contribution in [-0.2, 0) is 0 Å². The molecular formula is C14H8N2O. The van der Waals surface area contributed by atoms with Gasteiger partial charge in [-0.25, -0.2) is 4.85 Å². The van der Waals surface area contributed by atoms with Crippen LogP contribution in [0.3, 0.4) is 0 Å². The van der Waals surface area contributed by atoms with E-state index in [-0.39, 0.29) is 0 Å². The fourth-order valence-electron chi connectivity index (χ4n) is 1.76. The topological polar surface area (TPSA) is 30.4 Å². The van der Waals surface area contributed by atoms with E-state index in [9.17, 15) is 0 Å². The molecule has 0 bridgehead atoms. The lowest BCUT2D eigenvalue weighted by molar-refractivity contribution is 0.614. The van der Waals surface area contributed by atoms with Crippen molar-refractivity contribution in [2.45, 2.75) is 0 Å². The highest BCUT2D eigenvalue weighted by Crippen LogP contribution is 2.25. The Morgan fingerprint density at radius 2 is 2.12 bits per heavy atom. The number of rotatable bonds is 1. The van der Waals surface area contributed by atoms with Crippen LogP contribution in [0.2, 0.25) is 0 Å². The largest absolute Gasteiger partial charge is 0.463 e. The predicted octanol–water partition coefficient (Wildman–Crippen LogP) is 4.05. The molecule has 2 heterocycles. The molecule has 0 N–H and O–H groups in total. The van der Waals surface area contributed by atoms with Crippen molar-refractivity contribution in [3.05, 3.63) is 60.3 Å². The van der Waals surface area contributed by atoms with E-state index in [2.05, 4.69) is 9.83 Å². The molecule has 0 unspecified atom stereocenters. The molecule has 17 heavy (non-hydrogen) atoms. The first-order valence-corrected chi connectivity index (χ1v) is 5.18. The van der Waals surface area contributed by atoms with E-state index < -0.39 is 0 Å². The summed E-state index contributed by atoms with van der Waals surface area (Å²) in [6.45, 7) is 7.00. The summed E-state index contributed by atoms with van der Waals surface area (Å²) >= 11 is 0. The number of pyridine rings is 1. The Balaban J connectivity index is 2.16. The smallest absolute Gasteiger partial charge is 0.187 e. The van der Waals surface area contributed by atoms with Crippen LogP contribution in [0, 0.1) is 6.57 Å². The van der Waals surface area contributed by atoms with Gasteiger partial charge in [-0.1, -0.05) is 18.2 Å². The quantitative estimate of drug-likeness (QED) is 0.579. The normalized spacial score (nSPS) is 10.3. The first kappa shape index (κ1) is 9.61. The fraction of sp³-hybridized carbons (Fsp3) is 0. The van der Waals surface area contributed by atoms with Crippen molar-refractivity contribution < 1.29 is 4.42 Å². The van der Waals surface area contributed by atoms with E-state index in [1.807, 2.05) is 30.3 Å². The van der Waals surface area contributed by atoms with Crippen LogP contribution in [0.1, 0.15) is 0 Å². The summed E-state index contributed by atoms with van der Waals surface area (Å²) in [5.41, 5.74) is 3.19. The maximum atomic E-state index is 7.00. The maximum Gasteiger partial charge on any atom is 0.187 e. The summed E-state index contributed by atoms with van der Waals surface area (Å²) in [5.74, 6) is 0. The Morgan fingerprint density at radius 1 is 1.18 bits per heavy atom. The van der Waals surface area contributed by atoms with Crippen molar-refractivity contribution in [3.8, 4) is 11.3 Å². The van der Waals surface area contributed by atoms with E-state index in [1.54, 1.807) is 18.5 Å². The van der Waals surface area contributed by atoms with Crippen LogP contribution in [-0.4, -0.2) is 4.98 Å². The summed E-state index contributed by atoms with van der Waals surface area (Å²) < 4.78 is 5.24. The van der Waals surface area contributed by atoms with Crippen molar-refractivity contribution in [2.75, 3.05) is 0 Å². The Bertz CT molecular complexity index is 722. The number of aromatic nitrogens is 1. The zero-order chi connectivity index (χ0) is 11.7. The van der Waals surface area contributed by atoms with Gasteiger partial charge in [-0.05, 0) is 23.8 Å². The molecule has 3 aromatic rings. The van der Waals surface area contributed by atoms with Crippen molar-refractivity contribution in [1.29, 1.82) is 0 Å². The van der Waals surface area contributed by atoms with Crippen LogP contribution in [0.4, 0.5) is 5.69 Å². The summed E-state index contributed by atoms with van der Waals surface area (Å²) in [4.78, 5) is 7.74. The molecule has 0 aliphatic rings. The standard InChI is InChI=1S/C14H8N2O/c1-15-12-4-2-3-10(7-12)13-8-11-5-6-17-14(11)9-16-13/h2-9H. The van der Waals surface area contributed by atoms with E-state index in [0.29, 0.717) is 5.69 Å². The van der Waals surface area contributed by atoms with E-state index in [4.69, 9.17) is 11.0 Å². The molecule has 0 amide bonds. The SMILES string of the molecule is [C-]#[N+]c1cccc(-c2cc3ccoc3cn2)c1. The lowest BCUT2D eigenvalue weighted by Crippen LogP contribution is -1.81. The van der Waals surface area contributed by atoms with Crippen molar-refractivity contribution >= 4 is 16.7 Å². The van der Waals surface area contributed by atoms with E-state index in [0.717, 1.165) is 22.2 Å². The third-order valence-corrected chi connectivity index (χ3v) is 2.61. The lowest BCUT2D eigenvalue weighted by Gasteiger charge is -2.01. The average Bonchev–Trinajstić information content (AvgIpc) is 2.86. The molecule has 1 aromatic carbocycles. The van der Waals surface area contributed by atoms with E-state index in [1.165, 1.54) is 0 Å². The van der Waals surface area contributed by atoms with Crippen molar-refractivity contribution in [1.82, 2.24) is 4.98 Å². The van der Waals surface area contributed by atoms with Crippen LogP contribution < -0.4 is 0 Å². The number of hydrogen-bond acceptors (Lipinski definition) is 2. The maximum absolute atomic E-state index is 7.00. The molecule has 0 fully saturated rings. The van der Waals surface area contributed by atoms with Gasteiger partial charge in [0.2, 0.25) is 0 Å². The molecule has 0 radical (unpaired) electrons. The van der Waals surface area contributed by atoms with Crippen LogP contribution in [0.25, 0.3) is 27.1 Å². The summed E-state index contributed by atoms with van der Waals surface area (Å²) in [5, 5.41) is 1.02. The van der Waals surface area contributed by atoms with Crippen molar-refractivity contribution in [2.24, 2.45) is 0 Å². The Kier molecular flexibility index (Phi) is 2.13. The first-order chi connectivity index (χ1) is 8.36. The Labute approximate surface area is 98.2 Å². The summed E-state index contributed by atoms with van der Waals surface area (Å²) in [6, 6.07) is 11.3. The number of benzene rings is 1. The fourth-order valence-corrected chi connectivity index (χ4v) is 1.76. The second-order valence-electron chi connectivity index (χ2n) is 3.69. The molecule has 0 aliphatic heterocycles. The molecular weight excluding hydrogens is 212 g/mol.